The van der Waals surface area contributed by atoms with Crippen LogP contribution in [-0.2, 0) is 0 Å². The van der Waals surface area contributed by atoms with Crippen molar-refractivity contribution in [3.8, 4) is 11.4 Å². The van der Waals surface area contributed by atoms with Crippen LogP contribution in [0, 0.1) is 5.82 Å². The second kappa shape index (κ2) is 4.86. The molecule has 0 amide bonds. The Kier molecular flexibility index (Phi) is 3.20. The predicted molar refractivity (Wildman–Crippen MR) is 67.0 cm³/mol. The number of H-pyrrole nitrogens is 1. The number of hydrogen-bond acceptors (Lipinski definition) is 3. The smallest absolute Gasteiger partial charge is 0.184 e. The average Bonchev–Trinajstić information content (AvgIpc) is 3.01. The second-order valence-corrected chi connectivity index (χ2v) is 4.85. The van der Waals surface area contributed by atoms with Crippen LogP contribution in [0.2, 0.25) is 5.02 Å². The summed E-state index contributed by atoms with van der Waals surface area (Å²) in [6, 6.07) is 4.43. The third kappa shape index (κ3) is 2.33. The third-order valence-electron chi connectivity index (χ3n) is 3.10. The van der Waals surface area contributed by atoms with Gasteiger partial charge in [-0.3, -0.25) is 5.10 Å². The maximum absolute atomic E-state index is 13.8. The molecule has 2 N–H and O–H groups in total. The fraction of sp³-hybridized carbons (Fsp3) is 0.333. The van der Waals surface area contributed by atoms with Gasteiger partial charge in [0.25, 0.3) is 0 Å². The highest BCUT2D eigenvalue weighted by Gasteiger charge is 2.27. The minimum atomic E-state index is -0.888. The highest BCUT2D eigenvalue weighted by atomic mass is 35.5. The number of nitrogens with one attached hydrogen (secondary N) is 2. The van der Waals surface area contributed by atoms with E-state index in [1.807, 2.05) is 0 Å². The molecular weight excluding hydrogens is 274 g/mol. The van der Waals surface area contributed by atoms with Crippen molar-refractivity contribution < 1.29 is 8.78 Å². The Hall–Kier alpha value is -1.53. The van der Waals surface area contributed by atoms with E-state index in [0.29, 0.717) is 18.8 Å². The van der Waals surface area contributed by atoms with E-state index in [9.17, 15) is 8.78 Å². The SMILES string of the molecule is Fc1c(Cl)cccc1-c1n[nH]c([C@@H]2C[C@@H](F)CN2)n1. The van der Waals surface area contributed by atoms with E-state index in [4.69, 9.17) is 11.6 Å². The fourth-order valence-electron chi connectivity index (χ4n) is 2.13. The molecule has 1 aromatic carbocycles. The minimum absolute atomic E-state index is 0.0201. The van der Waals surface area contributed by atoms with Crippen LogP contribution in [0.5, 0.6) is 0 Å². The highest BCUT2D eigenvalue weighted by molar-refractivity contribution is 6.31. The molecule has 7 heteroatoms. The lowest BCUT2D eigenvalue weighted by atomic mass is 10.2. The van der Waals surface area contributed by atoms with E-state index in [0.717, 1.165) is 0 Å². The van der Waals surface area contributed by atoms with Gasteiger partial charge in [0.15, 0.2) is 11.6 Å². The van der Waals surface area contributed by atoms with Gasteiger partial charge >= 0.3 is 0 Å². The van der Waals surface area contributed by atoms with Gasteiger partial charge in [0.1, 0.15) is 12.0 Å². The molecule has 100 valence electrons. The van der Waals surface area contributed by atoms with Crippen molar-refractivity contribution in [2.24, 2.45) is 0 Å². The quantitative estimate of drug-likeness (QED) is 0.891. The molecular formula is C12H11ClF2N4. The number of halogens is 3. The van der Waals surface area contributed by atoms with Crippen LogP contribution in [0.15, 0.2) is 18.2 Å². The molecule has 2 heterocycles. The van der Waals surface area contributed by atoms with Crippen LogP contribution in [0.1, 0.15) is 18.3 Å². The van der Waals surface area contributed by atoms with Crippen molar-refractivity contribution in [2.75, 3.05) is 6.54 Å². The Morgan fingerprint density at radius 3 is 2.95 bits per heavy atom. The topological polar surface area (TPSA) is 53.6 Å². The molecule has 1 aliphatic rings. The van der Waals surface area contributed by atoms with Crippen molar-refractivity contribution in [1.29, 1.82) is 0 Å². The van der Waals surface area contributed by atoms with Crippen molar-refractivity contribution in [2.45, 2.75) is 18.6 Å². The summed E-state index contributed by atoms with van der Waals surface area (Å²) < 4.78 is 26.9. The van der Waals surface area contributed by atoms with Gasteiger partial charge in [-0.2, -0.15) is 5.10 Å². The van der Waals surface area contributed by atoms with Crippen molar-refractivity contribution in [3.63, 3.8) is 0 Å². The van der Waals surface area contributed by atoms with E-state index in [-0.39, 0.29) is 22.5 Å². The van der Waals surface area contributed by atoms with Crippen LogP contribution in [0.4, 0.5) is 8.78 Å². The third-order valence-corrected chi connectivity index (χ3v) is 3.39. The van der Waals surface area contributed by atoms with Gasteiger partial charge in [-0.15, -0.1) is 0 Å². The number of aromatic nitrogens is 3. The van der Waals surface area contributed by atoms with E-state index in [1.54, 1.807) is 12.1 Å². The minimum Gasteiger partial charge on any atom is -0.304 e. The maximum atomic E-state index is 13.8. The van der Waals surface area contributed by atoms with E-state index in [1.165, 1.54) is 6.07 Å². The Bertz CT molecular complexity index is 601. The molecule has 1 fully saturated rings. The van der Waals surface area contributed by atoms with E-state index < -0.39 is 12.0 Å². The van der Waals surface area contributed by atoms with Crippen molar-refractivity contribution >= 4 is 11.6 Å². The van der Waals surface area contributed by atoms with E-state index >= 15 is 0 Å². The molecule has 0 radical (unpaired) electrons. The summed E-state index contributed by atoms with van der Waals surface area (Å²) in [5.41, 5.74) is 0.227. The van der Waals surface area contributed by atoms with Gasteiger partial charge in [0, 0.05) is 13.0 Å². The first kappa shape index (κ1) is 12.5. The molecule has 1 saturated heterocycles. The predicted octanol–water partition coefficient (Wildman–Crippen LogP) is 2.64. The number of hydrogen-bond donors (Lipinski definition) is 2. The zero-order valence-electron chi connectivity index (χ0n) is 9.83. The lowest BCUT2D eigenvalue weighted by Gasteiger charge is -2.03. The maximum Gasteiger partial charge on any atom is 0.184 e. The summed E-state index contributed by atoms with van der Waals surface area (Å²) in [5, 5.41) is 9.68. The molecule has 0 spiro atoms. The summed E-state index contributed by atoms with van der Waals surface area (Å²) in [6.07, 6.45) is -0.548. The molecule has 2 aromatic rings. The fourth-order valence-corrected chi connectivity index (χ4v) is 2.30. The van der Waals surface area contributed by atoms with Crippen LogP contribution in [0.3, 0.4) is 0 Å². The zero-order chi connectivity index (χ0) is 13.4. The van der Waals surface area contributed by atoms with Crippen LogP contribution in [0.25, 0.3) is 11.4 Å². The van der Waals surface area contributed by atoms with Gasteiger partial charge in [0.05, 0.1) is 16.6 Å². The summed E-state index contributed by atoms with van der Waals surface area (Å²) >= 11 is 5.71. The number of benzene rings is 1. The summed E-state index contributed by atoms with van der Waals surface area (Å²) in [7, 11) is 0. The number of alkyl halides is 1. The molecule has 0 unspecified atom stereocenters. The standard InChI is InChI=1S/C12H11ClF2N4/c13-8-3-1-2-7(10(8)15)11-17-12(19-18-11)9-4-6(14)5-16-9/h1-3,6,9,16H,4-5H2,(H,17,18,19)/t6-,9+/m1/s1. The van der Waals surface area contributed by atoms with Gasteiger partial charge in [-0.25, -0.2) is 13.8 Å². The molecule has 2 atom stereocenters. The van der Waals surface area contributed by atoms with Gasteiger partial charge in [-0.05, 0) is 12.1 Å². The molecule has 0 bridgehead atoms. The first-order valence-electron chi connectivity index (χ1n) is 5.89. The van der Waals surface area contributed by atoms with Crippen LogP contribution >= 0.6 is 11.6 Å². The van der Waals surface area contributed by atoms with Crippen molar-refractivity contribution in [1.82, 2.24) is 20.5 Å². The first-order valence-corrected chi connectivity index (χ1v) is 6.27. The Morgan fingerprint density at radius 2 is 2.21 bits per heavy atom. The summed E-state index contributed by atoms with van der Waals surface area (Å²) in [5.74, 6) is 0.172. The molecule has 0 aliphatic carbocycles. The number of nitrogens with zero attached hydrogens (tertiary/aromatic N) is 2. The second-order valence-electron chi connectivity index (χ2n) is 4.44. The molecule has 1 aromatic heterocycles. The van der Waals surface area contributed by atoms with Crippen molar-refractivity contribution in [3.05, 3.63) is 34.9 Å². The monoisotopic (exact) mass is 284 g/mol. The summed E-state index contributed by atoms with van der Waals surface area (Å²) in [6.45, 7) is 0.298. The lowest BCUT2D eigenvalue weighted by molar-refractivity contribution is 0.355. The molecule has 1 aliphatic heterocycles. The highest BCUT2D eigenvalue weighted by Crippen LogP contribution is 2.27. The lowest BCUT2D eigenvalue weighted by Crippen LogP contribution is -2.15. The molecule has 4 nitrogen and oxygen atoms in total. The first-order chi connectivity index (χ1) is 9.15. The number of aromatic amines is 1. The van der Waals surface area contributed by atoms with Gasteiger partial charge in [0.2, 0.25) is 0 Å². The van der Waals surface area contributed by atoms with E-state index in [2.05, 4.69) is 20.5 Å². The molecule has 3 rings (SSSR count). The normalized spacial score (nSPS) is 22.9. The average molecular weight is 285 g/mol. The Labute approximate surface area is 113 Å². The van der Waals surface area contributed by atoms with Crippen LogP contribution < -0.4 is 5.32 Å². The number of rotatable bonds is 2. The molecule has 19 heavy (non-hydrogen) atoms. The Balaban J connectivity index is 1.91. The Morgan fingerprint density at radius 1 is 1.37 bits per heavy atom. The van der Waals surface area contributed by atoms with Gasteiger partial charge < -0.3 is 5.32 Å². The van der Waals surface area contributed by atoms with Crippen LogP contribution in [-0.4, -0.2) is 27.9 Å². The van der Waals surface area contributed by atoms with Gasteiger partial charge in [-0.1, -0.05) is 17.7 Å². The summed E-state index contributed by atoms with van der Waals surface area (Å²) in [4.78, 5) is 4.20. The largest absolute Gasteiger partial charge is 0.304 e. The zero-order valence-corrected chi connectivity index (χ0v) is 10.6. The molecule has 0 saturated carbocycles.